The van der Waals surface area contributed by atoms with Crippen LogP contribution >= 0.6 is 11.3 Å². The average Bonchev–Trinajstić information content (AvgIpc) is 2.87. The fourth-order valence-corrected chi connectivity index (χ4v) is 2.87. The zero-order chi connectivity index (χ0) is 15.7. The SMILES string of the molecule is CCS(=O)(=O)NCCCNC(=NC)NCc1ncc(C)s1. The molecule has 1 rings (SSSR count). The van der Waals surface area contributed by atoms with E-state index >= 15 is 0 Å². The van der Waals surface area contributed by atoms with Crippen LogP contribution in [-0.2, 0) is 16.6 Å². The van der Waals surface area contributed by atoms with E-state index in [4.69, 9.17) is 0 Å². The van der Waals surface area contributed by atoms with E-state index < -0.39 is 10.0 Å². The summed E-state index contributed by atoms with van der Waals surface area (Å²) in [6.45, 7) is 5.33. The lowest BCUT2D eigenvalue weighted by atomic mass is 10.4. The van der Waals surface area contributed by atoms with Gasteiger partial charge in [-0.05, 0) is 20.3 Å². The molecule has 0 saturated heterocycles. The van der Waals surface area contributed by atoms with Crippen molar-refractivity contribution in [3.63, 3.8) is 0 Å². The summed E-state index contributed by atoms with van der Waals surface area (Å²) in [4.78, 5) is 9.55. The largest absolute Gasteiger partial charge is 0.356 e. The lowest BCUT2D eigenvalue weighted by Crippen LogP contribution is -2.38. The van der Waals surface area contributed by atoms with Crippen molar-refractivity contribution in [1.82, 2.24) is 20.3 Å². The highest BCUT2D eigenvalue weighted by molar-refractivity contribution is 7.89. The van der Waals surface area contributed by atoms with Gasteiger partial charge in [-0.2, -0.15) is 0 Å². The molecule has 0 radical (unpaired) electrons. The maximum Gasteiger partial charge on any atom is 0.211 e. The van der Waals surface area contributed by atoms with Crippen LogP contribution in [0.15, 0.2) is 11.2 Å². The third kappa shape index (κ3) is 7.39. The standard InChI is InChI=1S/C12H23N5O2S2/c1-4-21(18,19)17-7-5-6-14-12(13-3)16-9-11-15-8-10(2)20-11/h8,17H,4-7,9H2,1-3H3,(H2,13,14,16). The molecule has 0 fully saturated rings. The zero-order valence-electron chi connectivity index (χ0n) is 12.6. The van der Waals surface area contributed by atoms with Gasteiger partial charge in [0.2, 0.25) is 10.0 Å². The Kier molecular flexibility index (Phi) is 7.62. The lowest BCUT2D eigenvalue weighted by molar-refractivity contribution is 0.579. The van der Waals surface area contributed by atoms with Crippen LogP contribution in [0.1, 0.15) is 23.2 Å². The minimum atomic E-state index is -3.10. The van der Waals surface area contributed by atoms with E-state index in [0.717, 1.165) is 5.01 Å². The number of hydrogen-bond donors (Lipinski definition) is 3. The van der Waals surface area contributed by atoms with Crippen LogP contribution in [0.5, 0.6) is 0 Å². The Morgan fingerprint density at radius 1 is 1.38 bits per heavy atom. The van der Waals surface area contributed by atoms with Crippen LogP contribution in [0.25, 0.3) is 0 Å². The van der Waals surface area contributed by atoms with Crippen LogP contribution in [-0.4, -0.2) is 45.3 Å². The van der Waals surface area contributed by atoms with Gasteiger partial charge in [0.15, 0.2) is 5.96 Å². The van der Waals surface area contributed by atoms with E-state index in [1.807, 2.05) is 13.1 Å². The zero-order valence-corrected chi connectivity index (χ0v) is 14.3. The number of rotatable bonds is 8. The maximum absolute atomic E-state index is 11.2. The predicted molar refractivity (Wildman–Crippen MR) is 87.1 cm³/mol. The van der Waals surface area contributed by atoms with Crippen LogP contribution in [0.4, 0.5) is 0 Å². The van der Waals surface area contributed by atoms with Crippen molar-refractivity contribution in [1.29, 1.82) is 0 Å². The molecule has 0 saturated carbocycles. The first-order chi connectivity index (χ1) is 9.96. The normalized spacial score (nSPS) is 12.4. The van der Waals surface area contributed by atoms with E-state index in [-0.39, 0.29) is 5.75 Å². The summed E-state index contributed by atoms with van der Waals surface area (Å²) in [5.74, 6) is 0.790. The number of aromatic nitrogens is 1. The Morgan fingerprint density at radius 2 is 2.14 bits per heavy atom. The molecule has 7 nitrogen and oxygen atoms in total. The average molecular weight is 333 g/mol. The quantitative estimate of drug-likeness (QED) is 0.365. The highest BCUT2D eigenvalue weighted by atomic mass is 32.2. The molecule has 0 aliphatic heterocycles. The molecular formula is C12H23N5O2S2. The van der Waals surface area contributed by atoms with Crippen LogP contribution in [0.2, 0.25) is 0 Å². The Hall–Kier alpha value is -1.19. The van der Waals surface area contributed by atoms with E-state index in [2.05, 4.69) is 25.3 Å². The summed E-state index contributed by atoms with van der Waals surface area (Å²) in [5.41, 5.74) is 0. The molecule has 0 aliphatic carbocycles. The maximum atomic E-state index is 11.2. The van der Waals surface area contributed by atoms with Crippen molar-refractivity contribution < 1.29 is 8.42 Å². The van der Waals surface area contributed by atoms with Crippen LogP contribution in [0.3, 0.4) is 0 Å². The number of aryl methyl sites for hydroxylation is 1. The number of sulfonamides is 1. The second kappa shape index (κ2) is 8.96. The van der Waals surface area contributed by atoms with Crippen molar-refractivity contribution >= 4 is 27.3 Å². The van der Waals surface area contributed by atoms with Gasteiger partial charge in [0.05, 0.1) is 12.3 Å². The first kappa shape index (κ1) is 17.9. The molecule has 1 heterocycles. The molecule has 0 atom stereocenters. The van der Waals surface area contributed by atoms with Gasteiger partial charge < -0.3 is 10.6 Å². The van der Waals surface area contributed by atoms with E-state index in [9.17, 15) is 8.42 Å². The van der Waals surface area contributed by atoms with E-state index in [0.29, 0.717) is 32.0 Å². The second-order valence-electron chi connectivity index (χ2n) is 4.37. The minimum absolute atomic E-state index is 0.108. The number of hydrogen-bond acceptors (Lipinski definition) is 5. The molecule has 9 heteroatoms. The summed E-state index contributed by atoms with van der Waals surface area (Å²) >= 11 is 1.64. The Morgan fingerprint density at radius 3 is 2.71 bits per heavy atom. The summed E-state index contributed by atoms with van der Waals surface area (Å²) in [6.07, 6.45) is 2.54. The van der Waals surface area contributed by atoms with E-state index in [1.54, 1.807) is 25.3 Å². The number of guanidine groups is 1. The van der Waals surface area contributed by atoms with Crippen molar-refractivity contribution in [3.05, 3.63) is 16.1 Å². The molecule has 0 unspecified atom stereocenters. The van der Waals surface area contributed by atoms with Gasteiger partial charge in [-0.15, -0.1) is 11.3 Å². The van der Waals surface area contributed by atoms with Gasteiger partial charge in [0.25, 0.3) is 0 Å². The molecule has 0 spiro atoms. The van der Waals surface area contributed by atoms with Gasteiger partial charge in [-0.25, -0.2) is 18.1 Å². The Labute approximate surface area is 130 Å². The number of aliphatic imine (C=N–C) groups is 1. The number of nitrogens with zero attached hydrogens (tertiary/aromatic N) is 2. The summed E-state index contributed by atoms with van der Waals surface area (Å²) in [6, 6.07) is 0. The molecule has 0 bridgehead atoms. The number of thiazole rings is 1. The van der Waals surface area contributed by atoms with Gasteiger partial charge in [0, 0.05) is 31.2 Å². The molecule has 21 heavy (non-hydrogen) atoms. The lowest BCUT2D eigenvalue weighted by Gasteiger charge is -2.11. The van der Waals surface area contributed by atoms with Crippen molar-refractivity contribution in [2.24, 2.45) is 4.99 Å². The smallest absolute Gasteiger partial charge is 0.211 e. The molecule has 1 aromatic rings. The van der Waals surface area contributed by atoms with Crippen LogP contribution in [0, 0.1) is 6.92 Å². The molecular weight excluding hydrogens is 310 g/mol. The first-order valence-corrected chi connectivity index (χ1v) is 9.27. The summed E-state index contributed by atoms with van der Waals surface area (Å²) < 4.78 is 25.0. The fourth-order valence-electron chi connectivity index (χ4n) is 1.49. The van der Waals surface area contributed by atoms with Crippen molar-refractivity contribution in [2.45, 2.75) is 26.8 Å². The van der Waals surface area contributed by atoms with E-state index in [1.165, 1.54) is 4.88 Å². The Bertz CT molecular complexity index is 554. The highest BCUT2D eigenvalue weighted by Crippen LogP contribution is 2.10. The number of nitrogens with one attached hydrogen (secondary N) is 3. The second-order valence-corrected chi connectivity index (χ2v) is 7.78. The van der Waals surface area contributed by atoms with Crippen LogP contribution < -0.4 is 15.4 Å². The topological polar surface area (TPSA) is 95.5 Å². The van der Waals surface area contributed by atoms with Crippen molar-refractivity contribution in [2.75, 3.05) is 25.9 Å². The van der Waals surface area contributed by atoms with Gasteiger partial charge in [-0.1, -0.05) is 0 Å². The summed E-state index contributed by atoms with van der Waals surface area (Å²) in [5, 5.41) is 7.30. The van der Waals surface area contributed by atoms with Gasteiger partial charge in [0.1, 0.15) is 5.01 Å². The third-order valence-corrected chi connectivity index (χ3v) is 4.96. The molecule has 0 amide bonds. The first-order valence-electron chi connectivity index (χ1n) is 6.80. The fraction of sp³-hybridized carbons (Fsp3) is 0.667. The highest BCUT2D eigenvalue weighted by Gasteiger charge is 2.05. The molecule has 120 valence electrons. The monoisotopic (exact) mass is 333 g/mol. The Balaban J connectivity index is 2.20. The van der Waals surface area contributed by atoms with Crippen molar-refractivity contribution in [3.8, 4) is 0 Å². The van der Waals surface area contributed by atoms with Gasteiger partial charge in [-0.3, -0.25) is 4.99 Å². The molecule has 0 aliphatic rings. The molecule has 3 N–H and O–H groups in total. The summed E-state index contributed by atoms with van der Waals surface area (Å²) in [7, 11) is -1.40. The molecule has 1 aromatic heterocycles. The van der Waals surface area contributed by atoms with Gasteiger partial charge >= 0.3 is 0 Å². The molecule has 0 aromatic carbocycles. The minimum Gasteiger partial charge on any atom is -0.356 e. The predicted octanol–water partition coefficient (Wildman–Crippen LogP) is 0.446. The third-order valence-electron chi connectivity index (χ3n) is 2.65.